The predicted octanol–water partition coefficient (Wildman–Crippen LogP) is 3.83. The second kappa shape index (κ2) is 9.78. The van der Waals surface area contributed by atoms with E-state index in [1.54, 1.807) is 42.5 Å². The number of carbonyl (C=O) groups is 2. The third-order valence-corrected chi connectivity index (χ3v) is 4.32. The minimum atomic E-state index is -0.805. The molecule has 30 heavy (non-hydrogen) atoms. The van der Waals surface area contributed by atoms with Crippen LogP contribution in [0.2, 0.25) is 0 Å². The van der Waals surface area contributed by atoms with E-state index >= 15 is 0 Å². The van der Waals surface area contributed by atoms with Gasteiger partial charge in [0.1, 0.15) is 24.1 Å². The maximum absolute atomic E-state index is 12.6. The van der Waals surface area contributed by atoms with Gasteiger partial charge in [-0.05, 0) is 49.2 Å². The summed E-state index contributed by atoms with van der Waals surface area (Å²) in [5.74, 6) is 0.565. The highest BCUT2D eigenvalue weighted by molar-refractivity contribution is 5.96. The Hall–Kier alpha value is -3.55. The van der Waals surface area contributed by atoms with E-state index in [2.05, 4.69) is 10.5 Å². The van der Waals surface area contributed by atoms with Gasteiger partial charge in [0.2, 0.25) is 5.76 Å². The molecule has 0 aliphatic heterocycles. The van der Waals surface area contributed by atoms with E-state index < -0.39 is 12.0 Å². The van der Waals surface area contributed by atoms with Gasteiger partial charge in [-0.1, -0.05) is 19.0 Å². The number of amides is 1. The molecule has 0 bridgehead atoms. The van der Waals surface area contributed by atoms with Gasteiger partial charge in [-0.25, -0.2) is 4.79 Å². The van der Waals surface area contributed by atoms with Gasteiger partial charge < -0.3 is 23.7 Å². The lowest BCUT2D eigenvalue weighted by Crippen LogP contribution is -2.45. The number of nitrogens with one attached hydrogen (secondary N) is 1. The summed E-state index contributed by atoms with van der Waals surface area (Å²) in [6.45, 7) is 6.01. The molecule has 2 heterocycles. The van der Waals surface area contributed by atoms with Gasteiger partial charge >= 0.3 is 5.97 Å². The van der Waals surface area contributed by atoms with Crippen LogP contribution in [0.4, 0.5) is 0 Å². The quantitative estimate of drug-likeness (QED) is 0.533. The molecule has 1 N–H and O–H groups in total. The number of esters is 1. The van der Waals surface area contributed by atoms with Gasteiger partial charge in [-0.2, -0.15) is 0 Å². The smallest absolute Gasteiger partial charge is 0.329 e. The van der Waals surface area contributed by atoms with Crippen LogP contribution in [0.3, 0.4) is 0 Å². The first-order chi connectivity index (χ1) is 14.5. The molecule has 0 unspecified atom stereocenters. The molecule has 8 nitrogen and oxygen atoms in total. The third kappa shape index (κ3) is 5.28. The number of aromatic nitrogens is 1. The van der Waals surface area contributed by atoms with Crippen molar-refractivity contribution in [3.8, 4) is 17.3 Å². The Balaban J connectivity index is 1.58. The van der Waals surface area contributed by atoms with Gasteiger partial charge in [0, 0.05) is 11.6 Å². The molecule has 3 rings (SSSR count). The molecule has 3 aromatic rings. The number of rotatable bonds is 9. The highest BCUT2D eigenvalue weighted by Crippen LogP contribution is 2.21. The molecule has 0 radical (unpaired) electrons. The molecule has 0 aliphatic rings. The van der Waals surface area contributed by atoms with Crippen LogP contribution in [0, 0.1) is 5.92 Å². The number of benzene rings is 1. The van der Waals surface area contributed by atoms with Gasteiger partial charge in [0.05, 0.1) is 12.9 Å². The van der Waals surface area contributed by atoms with Gasteiger partial charge in [-0.3, -0.25) is 4.79 Å². The molecule has 8 heteroatoms. The average Bonchev–Trinajstić information content (AvgIpc) is 3.42. The minimum Gasteiger partial charge on any atom is -0.494 e. The van der Waals surface area contributed by atoms with E-state index in [0.717, 1.165) is 0 Å². The normalized spacial score (nSPS) is 11.9. The van der Waals surface area contributed by atoms with E-state index in [0.29, 0.717) is 35.1 Å². The van der Waals surface area contributed by atoms with Crippen LogP contribution < -0.4 is 10.1 Å². The Morgan fingerprint density at radius 1 is 1.13 bits per heavy atom. The summed E-state index contributed by atoms with van der Waals surface area (Å²) in [6, 6.07) is 11.0. The van der Waals surface area contributed by atoms with E-state index in [1.807, 2.05) is 20.8 Å². The second-order valence-electron chi connectivity index (χ2n) is 6.92. The van der Waals surface area contributed by atoms with E-state index in [1.165, 1.54) is 6.26 Å². The molecule has 0 saturated carbocycles. The fourth-order valence-electron chi connectivity index (χ4n) is 2.74. The fourth-order valence-corrected chi connectivity index (χ4v) is 2.74. The lowest BCUT2D eigenvalue weighted by molar-refractivity contribution is -0.148. The van der Waals surface area contributed by atoms with Crippen molar-refractivity contribution in [2.24, 2.45) is 5.92 Å². The number of hydrogen-bond donors (Lipinski definition) is 1. The fraction of sp³-hybridized carbons (Fsp3) is 0.318. The van der Waals surface area contributed by atoms with Crippen LogP contribution in [0.15, 0.2) is 57.7 Å². The van der Waals surface area contributed by atoms with Gasteiger partial charge in [0.15, 0.2) is 5.76 Å². The molecule has 1 aromatic carbocycles. The lowest BCUT2D eigenvalue weighted by atomic mass is 10.0. The summed E-state index contributed by atoms with van der Waals surface area (Å²) in [5, 5.41) is 6.60. The van der Waals surface area contributed by atoms with Crippen molar-refractivity contribution in [1.82, 2.24) is 10.5 Å². The molecule has 2 aromatic heterocycles. The topological polar surface area (TPSA) is 104 Å². The third-order valence-electron chi connectivity index (χ3n) is 4.32. The standard InChI is InChI=1S/C22H24N2O6/c1-4-27-17-9-7-15(8-10-17)21(25)23-20(14(2)3)22(26)29-13-16-12-19(30-24-16)18-6-5-11-28-18/h5-12,14,20H,4,13H2,1-3H3,(H,23,25)/t20-/m0/s1. The zero-order chi connectivity index (χ0) is 21.5. The van der Waals surface area contributed by atoms with E-state index in [-0.39, 0.29) is 18.4 Å². The molecule has 1 atom stereocenters. The summed E-state index contributed by atoms with van der Waals surface area (Å²) in [5.41, 5.74) is 0.867. The molecule has 0 aliphatic carbocycles. The first-order valence-electron chi connectivity index (χ1n) is 9.67. The highest BCUT2D eigenvalue weighted by atomic mass is 16.5. The highest BCUT2D eigenvalue weighted by Gasteiger charge is 2.26. The second-order valence-corrected chi connectivity index (χ2v) is 6.92. The Bertz CT molecular complexity index is 960. The summed E-state index contributed by atoms with van der Waals surface area (Å²) in [6.07, 6.45) is 1.53. The number of hydrogen-bond acceptors (Lipinski definition) is 7. The summed E-state index contributed by atoms with van der Waals surface area (Å²) < 4.78 is 21.1. The van der Waals surface area contributed by atoms with Crippen molar-refractivity contribution in [2.75, 3.05) is 6.61 Å². The maximum atomic E-state index is 12.6. The zero-order valence-electron chi connectivity index (χ0n) is 17.1. The molecule has 0 spiro atoms. The molecule has 1 amide bonds. The van der Waals surface area contributed by atoms with Crippen molar-refractivity contribution in [1.29, 1.82) is 0 Å². The van der Waals surface area contributed by atoms with Crippen molar-refractivity contribution in [2.45, 2.75) is 33.4 Å². The monoisotopic (exact) mass is 412 g/mol. The number of ether oxygens (including phenoxy) is 2. The van der Waals surface area contributed by atoms with Crippen LogP contribution >= 0.6 is 0 Å². The van der Waals surface area contributed by atoms with Crippen LogP contribution in [-0.4, -0.2) is 29.7 Å². The summed E-state index contributed by atoms with van der Waals surface area (Å²) in [4.78, 5) is 25.1. The Labute approximate surface area is 174 Å². The first kappa shape index (κ1) is 21.2. The lowest BCUT2D eigenvalue weighted by Gasteiger charge is -2.20. The maximum Gasteiger partial charge on any atom is 0.329 e. The van der Waals surface area contributed by atoms with Crippen LogP contribution in [-0.2, 0) is 16.1 Å². The van der Waals surface area contributed by atoms with E-state index in [4.69, 9.17) is 18.4 Å². The number of nitrogens with zero attached hydrogens (tertiary/aromatic N) is 1. The van der Waals surface area contributed by atoms with Crippen molar-refractivity contribution in [3.63, 3.8) is 0 Å². The summed E-state index contributed by atoms with van der Waals surface area (Å²) in [7, 11) is 0. The Morgan fingerprint density at radius 3 is 2.53 bits per heavy atom. The Kier molecular flexibility index (Phi) is 6.90. The van der Waals surface area contributed by atoms with Gasteiger partial charge in [0.25, 0.3) is 5.91 Å². The molecule has 158 valence electrons. The van der Waals surface area contributed by atoms with Gasteiger partial charge in [-0.15, -0.1) is 0 Å². The first-order valence-corrected chi connectivity index (χ1v) is 9.67. The number of furan rings is 1. The molecule has 0 fully saturated rings. The van der Waals surface area contributed by atoms with Crippen LogP contribution in [0.1, 0.15) is 36.8 Å². The largest absolute Gasteiger partial charge is 0.494 e. The van der Waals surface area contributed by atoms with Crippen molar-refractivity contribution < 1.29 is 28.0 Å². The summed E-state index contributed by atoms with van der Waals surface area (Å²) >= 11 is 0. The van der Waals surface area contributed by atoms with Crippen LogP contribution in [0.25, 0.3) is 11.5 Å². The SMILES string of the molecule is CCOc1ccc(C(=O)N[C@H](C(=O)OCc2cc(-c3ccco3)on2)C(C)C)cc1. The molecule has 0 saturated heterocycles. The molecular formula is C22H24N2O6. The average molecular weight is 412 g/mol. The molecular weight excluding hydrogens is 388 g/mol. The Morgan fingerprint density at radius 2 is 1.90 bits per heavy atom. The number of carbonyl (C=O) groups excluding carboxylic acids is 2. The predicted molar refractivity (Wildman–Crippen MR) is 108 cm³/mol. The van der Waals surface area contributed by atoms with Crippen molar-refractivity contribution in [3.05, 3.63) is 60.0 Å². The zero-order valence-corrected chi connectivity index (χ0v) is 17.1. The van der Waals surface area contributed by atoms with Crippen LogP contribution in [0.5, 0.6) is 5.75 Å². The van der Waals surface area contributed by atoms with E-state index in [9.17, 15) is 9.59 Å². The minimum absolute atomic E-state index is 0.0782. The van der Waals surface area contributed by atoms with Crippen molar-refractivity contribution >= 4 is 11.9 Å².